The molecule has 2 rings (SSSR count). The Morgan fingerprint density at radius 3 is 2.74 bits per heavy atom. The maximum absolute atomic E-state index is 12.5. The summed E-state index contributed by atoms with van der Waals surface area (Å²) >= 11 is 3.42. The van der Waals surface area contributed by atoms with Gasteiger partial charge in [0.2, 0.25) is 0 Å². The Morgan fingerprint density at radius 2 is 2.21 bits per heavy atom. The number of hydrogen-bond donors (Lipinski definition) is 1. The molecule has 1 aliphatic heterocycles. The zero-order valence-electron chi connectivity index (χ0n) is 11.2. The van der Waals surface area contributed by atoms with Crippen LogP contribution < -0.4 is 5.73 Å². The van der Waals surface area contributed by atoms with E-state index in [1.54, 1.807) is 0 Å². The number of rotatable bonds is 2. The third-order valence-electron chi connectivity index (χ3n) is 3.67. The standard InChI is InChI=1S/C14H19BrN2O.ClH/c1-9-5-12(15)3-4-13(9)14(18)17-8-11(7-16)6-10(17)2;/h3-5,10-11H,6-8,16H2,1-2H3;1H. The van der Waals surface area contributed by atoms with Gasteiger partial charge in [-0.05, 0) is 56.5 Å². The fourth-order valence-corrected chi connectivity index (χ4v) is 3.09. The molecule has 0 aromatic heterocycles. The predicted octanol–water partition coefficient (Wildman–Crippen LogP) is 2.99. The SMILES string of the molecule is Cc1cc(Br)ccc1C(=O)N1CC(CN)CC1C.Cl. The zero-order valence-corrected chi connectivity index (χ0v) is 13.6. The second-order valence-electron chi connectivity index (χ2n) is 5.10. The molecule has 0 saturated carbocycles. The fraction of sp³-hybridized carbons (Fsp3) is 0.500. The summed E-state index contributed by atoms with van der Waals surface area (Å²) in [7, 11) is 0. The highest BCUT2D eigenvalue weighted by molar-refractivity contribution is 9.10. The quantitative estimate of drug-likeness (QED) is 0.894. The lowest BCUT2D eigenvalue weighted by molar-refractivity contribution is 0.0742. The van der Waals surface area contributed by atoms with Crippen LogP contribution in [0.2, 0.25) is 0 Å². The Morgan fingerprint density at radius 1 is 1.53 bits per heavy atom. The molecular formula is C14H20BrClN2O. The highest BCUT2D eigenvalue weighted by Crippen LogP contribution is 2.25. The lowest BCUT2D eigenvalue weighted by atomic mass is 10.1. The van der Waals surface area contributed by atoms with Crippen LogP contribution in [0.15, 0.2) is 22.7 Å². The summed E-state index contributed by atoms with van der Waals surface area (Å²) in [6.45, 7) is 5.51. The Balaban J connectivity index is 0.00000180. The van der Waals surface area contributed by atoms with E-state index in [9.17, 15) is 4.79 Å². The van der Waals surface area contributed by atoms with Crippen LogP contribution >= 0.6 is 28.3 Å². The van der Waals surface area contributed by atoms with Crippen LogP contribution in [0.25, 0.3) is 0 Å². The number of benzene rings is 1. The van der Waals surface area contributed by atoms with Crippen molar-refractivity contribution in [2.24, 2.45) is 11.7 Å². The van der Waals surface area contributed by atoms with Gasteiger partial charge >= 0.3 is 0 Å². The highest BCUT2D eigenvalue weighted by Gasteiger charge is 2.32. The van der Waals surface area contributed by atoms with Crippen molar-refractivity contribution in [3.63, 3.8) is 0 Å². The van der Waals surface area contributed by atoms with E-state index >= 15 is 0 Å². The van der Waals surface area contributed by atoms with E-state index in [1.165, 1.54) is 0 Å². The number of halogens is 2. The first-order valence-electron chi connectivity index (χ1n) is 6.30. The monoisotopic (exact) mass is 346 g/mol. The van der Waals surface area contributed by atoms with Crippen molar-refractivity contribution in [3.05, 3.63) is 33.8 Å². The summed E-state index contributed by atoms with van der Waals surface area (Å²) in [4.78, 5) is 14.5. The lowest BCUT2D eigenvalue weighted by Crippen LogP contribution is -2.34. The second-order valence-corrected chi connectivity index (χ2v) is 6.02. The van der Waals surface area contributed by atoms with Crippen LogP contribution in [0.4, 0.5) is 0 Å². The molecule has 0 aliphatic carbocycles. The molecular weight excluding hydrogens is 328 g/mol. The van der Waals surface area contributed by atoms with Gasteiger partial charge < -0.3 is 10.6 Å². The summed E-state index contributed by atoms with van der Waals surface area (Å²) in [5.41, 5.74) is 7.51. The number of carbonyl (C=O) groups excluding carboxylic acids is 1. The summed E-state index contributed by atoms with van der Waals surface area (Å²) in [5, 5.41) is 0. The molecule has 5 heteroatoms. The number of likely N-dealkylation sites (tertiary alicyclic amines) is 1. The topological polar surface area (TPSA) is 46.3 Å². The minimum absolute atomic E-state index is 0. The largest absolute Gasteiger partial charge is 0.336 e. The molecule has 1 fully saturated rings. The van der Waals surface area contributed by atoms with Crippen LogP contribution in [-0.2, 0) is 0 Å². The summed E-state index contributed by atoms with van der Waals surface area (Å²) in [5.74, 6) is 0.572. The molecule has 3 nitrogen and oxygen atoms in total. The molecule has 1 amide bonds. The average Bonchev–Trinajstić information content (AvgIpc) is 2.70. The molecule has 2 unspecified atom stereocenters. The van der Waals surface area contributed by atoms with Crippen molar-refractivity contribution in [1.29, 1.82) is 0 Å². The van der Waals surface area contributed by atoms with Crippen molar-refractivity contribution < 1.29 is 4.79 Å². The number of amides is 1. The molecule has 0 bridgehead atoms. The minimum atomic E-state index is 0. The first-order chi connectivity index (χ1) is 8.52. The molecule has 2 atom stereocenters. The molecule has 1 aromatic carbocycles. The van der Waals surface area contributed by atoms with Crippen molar-refractivity contribution in [2.45, 2.75) is 26.3 Å². The Labute approximate surface area is 129 Å². The van der Waals surface area contributed by atoms with Crippen molar-refractivity contribution in [2.75, 3.05) is 13.1 Å². The molecule has 0 spiro atoms. The van der Waals surface area contributed by atoms with E-state index in [4.69, 9.17) is 5.73 Å². The van der Waals surface area contributed by atoms with Crippen LogP contribution in [-0.4, -0.2) is 29.9 Å². The van der Waals surface area contributed by atoms with Gasteiger partial charge in [0, 0.05) is 22.6 Å². The summed E-state index contributed by atoms with van der Waals surface area (Å²) < 4.78 is 1.01. The van der Waals surface area contributed by atoms with E-state index in [0.717, 1.165) is 28.6 Å². The molecule has 1 aliphatic rings. The number of nitrogens with zero attached hydrogens (tertiary/aromatic N) is 1. The van der Waals surface area contributed by atoms with Gasteiger partial charge in [0.1, 0.15) is 0 Å². The Kier molecular flexibility index (Phi) is 5.83. The second kappa shape index (κ2) is 6.73. The van der Waals surface area contributed by atoms with Crippen LogP contribution in [0, 0.1) is 12.8 Å². The smallest absolute Gasteiger partial charge is 0.254 e. The van der Waals surface area contributed by atoms with E-state index in [1.807, 2.05) is 30.0 Å². The van der Waals surface area contributed by atoms with E-state index in [0.29, 0.717) is 12.5 Å². The van der Waals surface area contributed by atoms with E-state index in [-0.39, 0.29) is 24.4 Å². The van der Waals surface area contributed by atoms with Gasteiger partial charge in [-0.15, -0.1) is 12.4 Å². The maximum Gasteiger partial charge on any atom is 0.254 e. The van der Waals surface area contributed by atoms with Crippen molar-refractivity contribution in [3.8, 4) is 0 Å². The lowest BCUT2D eigenvalue weighted by Gasteiger charge is -2.22. The molecule has 19 heavy (non-hydrogen) atoms. The minimum Gasteiger partial charge on any atom is -0.336 e. The first-order valence-corrected chi connectivity index (χ1v) is 7.09. The van der Waals surface area contributed by atoms with Crippen molar-refractivity contribution >= 4 is 34.2 Å². The molecule has 1 heterocycles. The molecule has 106 valence electrons. The first kappa shape index (κ1) is 16.5. The van der Waals surface area contributed by atoms with Gasteiger partial charge in [-0.3, -0.25) is 4.79 Å². The van der Waals surface area contributed by atoms with Crippen molar-refractivity contribution in [1.82, 2.24) is 4.90 Å². The number of hydrogen-bond acceptors (Lipinski definition) is 2. The predicted molar refractivity (Wildman–Crippen MR) is 83.8 cm³/mol. The highest BCUT2D eigenvalue weighted by atomic mass is 79.9. The Bertz CT molecular complexity index is 467. The van der Waals surface area contributed by atoms with E-state index < -0.39 is 0 Å². The molecule has 1 aromatic rings. The van der Waals surface area contributed by atoms with E-state index in [2.05, 4.69) is 22.9 Å². The van der Waals surface area contributed by atoms with Gasteiger partial charge in [-0.2, -0.15) is 0 Å². The molecule has 0 radical (unpaired) electrons. The average molecular weight is 348 g/mol. The van der Waals surface area contributed by atoms with Gasteiger partial charge in [0.25, 0.3) is 5.91 Å². The third-order valence-corrected chi connectivity index (χ3v) is 4.17. The van der Waals surface area contributed by atoms with Gasteiger partial charge in [-0.25, -0.2) is 0 Å². The fourth-order valence-electron chi connectivity index (χ4n) is 2.62. The Hall–Kier alpha value is -0.580. The normalized spacial score (nSPS) is 22.2. The number of carbonyl (C=O) groups is 1. The molecule has 1 saturated heterocycles. The van der Waals surface area contributed by atoms with Crippen LogP contribution in [0.3, 0.4) is 0 Å². The third kappa shape index (κ3) is 3.50. The van der Waals surface area contributed by atoms with Gasteiger partial charge in [0.05, 0.1) is 0 Å². The van der Waals surface area contributed by atoms with Crippen LogP contribution in [0.1, 0.15) is 29.3 Å². The maximum atomic E-state index is 12.5. The van der Waals surface area contributed by atoms with Crippen LogP contribution in [0.5, 0.6) is 0 Å². The van der Waals surface area contributed by atoms with Gasteiger partial charge in [-0.1, -0.05) is 15.9 Å². The van der Waals surface area contributed by atoms with Gasteiger partial charge in [0.15, 0.2) is 0 Å². The summed E-state index contributed by atoms with van der Waals surface area (Å²) in [6.07, 6.45) is 1.01. The molecule has 2 N–H and O–H groups in total. The number of nitrogens with two attached hydrogens (primary N) is 1. The summed E-state index contributed by atoms with van der Waals surface area (Å²) in [6, 6.07) is 6.08. The zero-order chi connectivity index (χ0) is 13.3. The number of aryl methyl sites for hydroxylation is 1.